The van der Waals surface area contributed by atoms with Gasteiger partial charge in [-0.25, -0.2) is 15.0 Å². The van der Waals surface area contributed by atoms with Gasteiger partial charge in [0.25, 0.3) is 5.69 Å². The first-order chi connectivity index (χ1) is 12.6. The van der Waals surface area contributed by atoms with Gasteiger partial charge >= 0.3 is 0 Å². The second-order valence-corrected chi connectivity index (χ2v) is 5.29. The number of phenolic OH excluding ortho intramolecular Hbond substituents is 1. The monoisotopic (exact) mass is 352 g/mol. The zero-order valence-electron chi connectivity index (χ0n) is 13.7. The van der Waals surface area contributed by atoms with Gasteiger partial charge in [-0.2, -0.15) is 0 Å². The highest BCUT2D eigenvalue weighted by atomic mass is 16.6. The van der Waals surface area contributed by atoms with Crippen LogP contribution in [0.3, 0.4) is 0 Å². The maximum absolute atomic E-state index is 10.6. The largest absolute Gasteiger partial charge is 0.507 e. The van der Waals surface area contributed by atoms with E-state index in [1.807, 2.05) is 6.07 Å². The molecule has 0 saturated heterocycles. The zero-order chi connectivity index (χ0) is 18.4. The van der Waals surface area contributed by atoms with Gasteiger partial charge in [-0.05, 0) is 24.3 Å². The topological polar surface area (TPSA) is 126 Å². The predicted octanol–water partition coefficient (Wildman–Crippen LogP) is 2.68. The van der Waals surface area contributed by atoms with E-state index in [1.54, 1.807) is 36.5 Å². The maximum atomic E-state index is 10.6. The molecule has 9 heteroatoms. The number of aromatic nitrogens is 3. The third kappa shape index (κ3) is 4.20. The second kappa shape index (κ2) is 7.88. The summed E-state index contributed by atoms with van der Waals surface area (Å²) in [6, 6.07) is 11.6. The summed E-state index contributed by atoms with van der Waals surface area (Å²) in [5, 5.41) is 26.6. The first-order valence-electron chi connectivity index (χ1n) is 7.83. The average molecular weight is 352 g/mol. The molecule has 26 heavy (non-hydrogen) atoms. The highest BCUT2D eigenvalue weighted by Crippen LogP contribution is 2.27. The third-order valence-corrected chi connectivity index (χ3v) is 3.51. The Morgan fingerprint density at radius 2 is 1.85 bits per heavy atom. The van der Waals surface area contributed by atoms with Crippen molar-refractivity contribution in [2.75, 3.05) is 23.7 Å². The number of pyridine rings is 1. The SMILES string of the molecule is O=[N+]([O-])c1ccc(NCCNc2nccc(-c3ccccc3O)n2)nc1. The van der Waals surface area contributed by atoms with E-state index < -0.39 is 4.92 Å². The van der Waals surface area contributed by atoms with E-state index in [1.165, 1.54) is 12.3 Å². The highest BCUT2D eigenvalue weighted by molar-refractivity contribution is 5.67. The Hall–Kier alpha value is -3.75. The highest BCUT2D eigenvalue weighted by Gasteiger charge is 2.07. The van der Waals surface area contributed by atoms with Crippen LogP contribution in [0.4, 0.5) is 17.5 Å². The summed E-state index contributed by atoms with van der Waals surface area (Å²) in [4.78, 5) is 22.6. The average Bonchev–Trinajstić information content (AvgIpc) is 2.66. The van der Waals surface area contributed by atoms with E-state index in [9.17, 15) is 15.2 Å². The Kier molecular flexibility index (Phi) is 5.18. The van der Waals surface area contributed by atoms with Gasteiger partial charge < -0.3 is 15.7 Å². The van der Waals surface area contributed by atoms with E-state index in [-0.39, 0.29) is 11.4 Å². The molecule has 2 aromatic heterocycles. The summed E-state index contributed by atoms with van der Waals surface area (Å²) >= 11 is 0. The van der Waals surface area contributed by atoms with Gasteiger partial charge in [0.1, 0.15) is 17.8 Å². The molecule has 0 bridgehead atoms. The van der Waals surface area contributed by atoms with Crippen LogP contribution in [0.2, 0.25) is 0 Å². The summed E-state index contributed by atoms with van der Waals surface area (Å²) in [6.45, 7) is 1.04. The molecule has 0 aliphatic carbocycles. The molecule has 0 atom stereocenters. The normalized spacial score (nSPS) is 10.3. The van der Waals surface area contributed by atoms with E-state index in [0.717, 1.165) is 0 Å². The number of para-hydroxylation sites is 1. The Labute approximate surface area is 148 Å². The fourth-order valence-corrected chi connectivity index (χ4v) is 2.25. The van der Waals surface area contributed by atoms with Crippen molar-refractivity contribution >= 4 is 17.5 Å². The molecule has 3 aromatic rings. The van der Waals surface area contributed by atoms with Crippen LogP contribution in [0.25, 0.3) is 11.3 Å². The standard InChI is InChI=1S/C17H16N6O3/c24-15-4-2-1-3-13(15)14-7-8-19-17(22-14)20-10-9-18-16-6-5-12(11-21-16)23(25)26/h1-8,11,24H,9-10H2,(H,18,21)(H,19,20,22). The lowest BCUT2D eigenvalue weighted by Crippen LogP contribution is -2.15. The first-order valence-corrected chi connectivity index (χ1v) is 7.83. The fourth-order valence-electron chi connectivity index (χ4n) is 2.25. The molecule has 0 aliphatic heterocycles. The van der Waals surface area contributed by atoms with Crippen LogP contribution >= 0.6 is 0 Å². The van der Waals surface area contributed by atoms with E-state index in [0.29, 0.717) is 36.1 Å². The molecule has 0 radical (unpaired) electrons. The summed E-state index contributed by atoms with van der Waals surface area (Å²) in [6.07, 6.45) is 2.82. The molecule has 1 aromatic carbocycles. The van der Waals surface area contributed by atoms with Crippen LogP contribution in [-0.4, -0.2) is 38.1 Å². The Bertz CT molecular complexity index is 901. The van der Waals surface area contributed by atoms with E-state index >= 15 is 0 Å². The minimum absolute atomic E-state index is 0.0527. The summed E-state index contributed by atoms with van der Waals surface area (Å²) < 4.78 is 0. The maximum Gasteiger partial charge on any atom is 0.287 e. The van der Waals surface area contributed by atoms with Crippen LogP contribution in [0.15, 0.2) is 54.9 Å². The number of benzene rings is 1. The van der Waals surface area contributed by atoms with Gasteiger partial charge in [0.2, 0.25) is 5.95 Å². The molecule has 0 spiro atoms. The summed E-state index contributed by atoms with van der Waals surface area (Å²) in [5.74, 6) is 1.13. The summed E-state index contributed by atoms with van der Waals surface area (Å²) in [7, 11) is 0. The zero-order valence-corrected chi connectivity index (χ0v) is 13.7. The van der Waals surface area contributed by atoms with Crippen molar-refractivity contribution in [3.63, 3.8) is 0 Å². The quantitative estimate of drug-likeness (QED) is 0.336. The Balaban J connectivity index is 1.55. The van der Waals surface area contributed by atoms with Gasteiger partial charge in [-0.1, -0.05) is 12.1 Å². The molecule has 132 valence electrons. The molecular formula is C17H16N6O3. The number of nitrogens with one attached hydrogen (secondary N) is 2. The molecule has 0 saturated carbocycles. The smallest absolute Gasteiger partial charge is 0.287 e. The number of hydrogen-bond acceptors (Lipinski definition) is 8. The van der Waals surface area contributed by atoms with Gasteiger partial charge in [0.05, 0.1) is 10.6 Å². The number of hydrogen-bond donors (Lipinski definition) is 3. The van der Waals surface area contributed by atoms with Crippen molar-refractivity contribution in [3.05, 3.63) is 65.0 Å². The molecule has 3 rings (SSSR count). The molecule has 0 fully saturated rings. The van der Waals surface area contributed by atoms with Crippen LogP contribution in [0, 0.1) is 10.1 Å². The Morgan fingerprint density at radius 3 is 2.58 bits per heavy atom. The van der Waals surface area contributed by atoms with Gasteiger partial charge in [0.15, 0.2) is 0 Å². The van der Waals surface area contributed by atoms with Crippen molar-refractivity contribution in [1.29, 1.82) is 0 Å². The second-order valence-electron chi connectivity index (χ2n) is 5.29. The number of anilines is 2. The third-order valence-electron chi connectivity index (χ3n) is 3.51. The molecule has 0 aliphatic rings. The number of nitro groups is 1. The minimum Gasteiger partial charge on any atom is -0.507 e. The lowest BCUT2D eigenvalue weighted by molar-refractivity contribution is -0.385. The molecule has 2 heterocycles. The number of rotatable bonds is 7. The van der Waals surface area contributed by atoms with Crippen molar-refractivity contribution in [3.8, 4) is 17.0 Å². The predicted molar refractivity (Wildman–Crippen MR) is 97.0 cm³/mol. The van der Waals surface area contributed by atoms with E-state index in [4.69, 9.17) is 0 Å². The molecule has 0 amide bonds. The van der Waals surface area contributed by atoms with Crippen molar-refractivity contribution < 1.29 is 10.0 Å². The van der Waals surface area contributed by atoms with Gasteiger partial charge in [-0.15, -0.1) is 0 Å². The van der Waals surface area contributed by atoms with Gasteiger partial charge in [-0.3, -0.25) is 10.1 Å². The minimum atomic E-state index is -0.493. The first kappa shape index (κ1) is 17.1. The van der Waals surface area contributed by atoms with Crippen LogP contribution in [0.1, 0.15) is 0 Å². The van der Waals surface area contributed by atoms with Gasteiger partial charge in [0, 0.05) is 30.9 Å². The lowest BCUT2D eigenvalue weighted by Gasteiger charge is -2.08. The fraction of sp³-hybridized carbons (Fsp3) is 0.118. The van der Waals surface area contributed by atoms with E-state index in [2.05, 4.69) is 25.6 Å². The van der Waals surface area contributed by atoms with Crippen LogP contribution < -0.4 is 10.6 Å². The number of aromatic hydroxyl groups is 1. The lowest BCUT2D eigenvalue weighted by atomic mass is 10.1. The number of nitrogens with zero attached hydrogens (tertiary/aromatic N) is 4. The van der Waals surface area contributed by atoms with Crippen LogP contribution in [-0.2, 0) is 0 Å². The molecular weight excluding hydrogens is 336 g/mol. The number of phenols is 1. The van der Waals surface area contributed by atoms with Crippen LogP contribution in [0.5, 0.6) is 5.75 Å². The summed E-state index contributed by atoms with van der Waals surface area (Å²) in [5.41, 5.74) is 1.19. The molecule has 0 unspecified atom stereocenters. The van der Waals surface area contributed by atoms with Crippen molar-refractivity contribution in [2.24, 2.45) is 0 Å². The van der Waals surface area contributed by atoms with Crippen molar-refractivity contribution in [1.82, 2.24) is 15.0 Å². The molecule has 3 N–H and O–H groups in total. The molecule has 9 nitrogen and oxygen atoms in total. The Morgan fingerprint density at radius 1 is 1.04 bits per heavy atom. The van der Waals surface area contributed by atoms with Crippen molar-refractivity contribution in [2.45, 2.75) is 0 Å².